The molecule has 1 atom stereocenters. The molecule has 0 spiro atoms. The SMILES string of the molecule is CSCC(N)Cc1ccn(C2CCCCC2)n1. The third-order valence-electron chi connectivity index (χ3n) is 3.46. The summed E-state index contributed by atoms with van der Waals surface area (Å²) < 4.78 is 2.17. The molecule has 0 amide bonds. The van der Waals surface area contributed by atoms with E-state index in [2.05, 4.69) is 28.3 Å². The second-order valence-electron chi connectivity index (χ2n) is 5.00. The van der Waals surface area contributed by atoms with E-state index in [-0.39, 0.29) is 6.04 Å². The Kier molecular flexibility index (Phi) is 4.92. The Bertz CT molecular complexity index is 331. The van der Waals surface area contributed by atoms with Gasteiger partial charge in [-0.1, -0.05) is 19.3 Å². The highest BCUT2D eigenvalue weighted by Gasteiger charge is 2.16. The van der Waals surface area contributed by atoms with E-state index >= 15 is 0 Å². The first-order valence-corrected chi connectivity index (χ1v) is 7.97. The number of hydrogen-bond donors (Lipinski definition) is 1. The van der Waals surface area contributed by atoms with Crippen molar-refractivity contribution < 1.29 is 0 Å². The van der Waals surface area contributed by atoms with E-state index in [1.54, 1.807) is 11.8 Å². The van der Waals surface area contributed by atoms with Crippen LogP contribution in [0, 0.1) is 0 Å². The smallest absolute Gasteiger partial charge is 0.0640 e. The van der Waals surface area contributed by atoms with Gasteiger partial charge in [-0.05, 0) is 25.2 Å². The van der Waals surface area contributed by atoms with Gasteiger partial charge < -0.3 is 5.73 Å². The molecule has 0 aromatic carbocycles. The lowest BCUT2D eigenvalue weighted by molar-refractivity contribution is 0.328. The van der Waals surface area contributed by atoms with Crippen molar-refractivity contribution in [2.75, 3.05) is 12.0 Å². The van der Waals surface area contributed by atoms with Crippen molar-refractivity contribution in [2.45, 2.75) is 50.6 Å². The molecule has 0 saturated heterocycles. The summed E-state index contributed by atoms with van der Waals surface area (Å²) in [5.41, 5.74) is 7.18. The van der Waals surface area contributed by atoms with Gasteiger partial charge in [0.15, 0.2) is 0 Å². The Morgan fingerprint density at radius 1 is 1.47 bits per heavy atom. The van der Waals surface area contributed by atoms with E-state index in [1.165, 1.54) is 32.1 Å². The zero-order valence-electron chi connectivity index (χ0n) is 10.6. The second-order valence-corrected chi connectivity index (χ2v) is 5.91. The lowest BCUT2D eigenvalue weighted by Crippen LogP contribution is -2.25. The van der Waals surface area contributed by atoms with Crippen molar-refractivity contribution in [3.05, 3.63) is 18.0 Å². The van der Waals surface area contributed by atoms with Crippen LogP contribution in [0.5, 0.6) is 0 Å². The number of nitrogens with two attached hydrogens (primary N) is 1. The number of rotatable bonds is 5. The van der Waals surface area contributed by atoms with Gasteiger partial charge in [0.1, 0.15) is 0 Å². The maximum absolute atomic E-state index is 6.03. The number of nitrogens with zero attached hydrogens (tertiary/aromatic N) is 2. The minimum atomic E-state index is 0.236. The summed E-state index contributed by atoms with van der Waals surface area (Å²) in [6.07, 6.45) is 11.8. The van der Waals surface area contributed by atoms with Crippen LogP contribution in [0.3, 0.4) is 0 Å². The fourth-order valence-electron chi connectivity index (χ4n) is 2.58. The van der Waals surface area contributed by atoms with Crippen molar-refractivity contribution in [3.8, 4) is 0 Å². The fraction of sp³-hybridized carbons (Fsp3) is 0.769. The number of thioether (sulfide) groups is 1. The van der Waals surface area contributed by atoms with Crippen LogP contribution in [-0.2, 0) is 6.42 Å². The molecular weight excluding hydrogens is 230 g/mol. The molecule has 96 valence electrons. The quantitative estimate of drug-likeness (QED) is 0.877. The van der Waals surface area contributed by atoms with E-state index in [0.29, 0.717) is 6.04 Å². The molecule has 1 aromatic heterocycles. The van der Waals surface area contributed by atoms with Crippen molar-refractivity contribution >= 4 is 11.8 Å². The summed E-state index contributed by atoms with van der Waals surface area (Å²) in [6.45, 7) is 0. The van der Waals surface area contributed by atoms with Crippen LogP contribution in [0.4, 0.5) is 0 Å². The number of hydrogen-bond acceptors (Lipinski definition) is 3. The van der Waals surface area contributed by atoms with E-state index in [9.17, 15) is 0 Å². The van der Waals surface area contributed by atoms with Gasteiger partial charge in [0.05, 0.1) is 11.7 Å². The first-order valence-electron chi connectivity index (χ1n) is 6.58. The zero-order valence-corrected chi connectivity index (χ0v) is 11.5. The standard InChI is InChI=1S/C13H23N3S/c1-17-10-11(14)9-12-7-8-16(15-12)13-5-3-2-4-6-13/h7-8,11,13H,2-6,9-10,14H2,1H3. The minimum Gasteiger partial charge on any atom is -0.327 e. The lowest BCUT2D eigenvalue weighted by atomic mass is 9.96. The molecule has 2 rings (SSSR count). The molecule has 0 bridgehead atoms. The highest BCUT2D eigenvalue weighted by molar-refractivity contribution is 7.98. The Balaban J connectivity index is 1.90. The maximum atomic E-state index is 6.03. The average Bonchev–Trinajstić information content (AvgIpc) is 2.79. The van der Waals surface area contributed by atoms with Crippen LogP contribution in [0.15, 0.2) is 12.3 Å². The highest BCUT2D eigenvalue weighted by atomic mass is 32.2. The molecule has 17 heavy (non-hydrogen) atoms. The molecule has 1 unspecified atom stereocenters. The molecule has 4 heteroatoms. The Morgan fingerprint density at radius 3 is 2.94 bits per heavy atom. The van der Waals surface area contributed by atoms with E-state index < -0.39 is 0 Å². The van der Waals surface area contributed by atoms with Crippen LogP contribution in [-0.4, -0.2) is 27.8 Å². The van der Waals surface area contributed by atoms with E-state index in [1.807, 2.05) is 0 Å². The van der Waals surface area contributed by atoms with Crippen LogP contribution >= 0.6 is 11.8 Å². The van der Waals surface area contributed by atoms with Crippen LogP contribution in [0.1, 0.15) is 43.8 Å². The van der Waals surface area contributed by atoms with Crippen LogP contribution in [0.25, 0.3) is 0 Å². The van der Waals surface area contributed by atoms with Crippen LogP contribution in [0.2, 0.25) is 0 Å². The molecule has 2 N–H and O–H groups in total. The first kappa shape index (κ1) is 13.0. The highest BCUT2D eigenvalue weighted by Crippen LogP contribution is 2.27. The van der Waals surface area contributed by atoms with Gasteiger partial charge >= 0.3 is 0 Å². The van der Waals surface area contributed by atoms with Crippen molar-refractivity contribution in [3.63, 3.8) is 0 Å². The van der Waals surface area contributed by atoms with Gasteiger partial charge in [-0.2, -0.15) is 16.9 Å². The summed E-state index contributed by atoms with van der Waals surface area (Å²) in [7, 11) is 0. The summed E-state index contributed by atoms with van der Waals surface area (Å²) >= 11 is 1.80. The van der Waals surface area contributed by atoms with Gasteiger partial charge in [-0.3, -0.25) is 4.68 Å². The predicted molar refractivity (Wildman–Crippen MR) is 74.4 cm³/mol. The van der Waals surface area contributed by atoms with Crippen molar-refractivity contribution in [1.29, 1.82) is 0 Å². The Hall–Kier alpha value is -0.480. The van der Waals surface area contributed by atoms with Gasteiger partial charge in [-0.25, -0.2) is 0 Å². The summed E-state index contributed by atoms with van der Waals surface area (Å²) in [5, 5.41) is 4.68. The topological polar surface area (TPSA) is 43.8 Å². The third kappa shape index (κ3) is 3.75. The Labute approximate surface area is 108 Å². The largest absolute Gasteiger partial charge is 0.327 e. The molecule has 1 heterocycles. The molecule has 0 aliphatic heterocycles. The number of aromatic nitrogens is 2. The van der Waals surface area contributed by atoms with E-state index in [4.69, 9.17) is 5.73 Å². The normalized spacial score (nSPS) is 19.4. The maximum Gasteiger partial charge on any atom is 0.0640 e. The molecule has 3 nitrogen and oxygen atoms in total. The molecule has 1 aromatic rings. The third-order valence-corrected chi connectivity index (χ3v) is 4.23. The first-order chi connectivity index (χ1) is 8.29. The van der Waals surface area contributed by atoms with Gasteiger partial charge in [-0.15, -0.1) is 0 Å². The molecule has 1 fully saturated rings. The monoisotopic (exact) mass is 253 g/mol. The molecule has 1 saturated carbocycles. The Morgan fingerprint density at radius 2 is 2.24 bits per heavy atom. The predicted octanol–water partition coefficient (Wildman–Crippen LogP) is 2.62. The zero-order chi connectivity index (χ0) is 12.1. The van der Waals surface area contributed by atoms with Gasteiger partial charge in [0, 0.05) is 24.4 Å². The average molecular weight is 253 g/mol. The van der Waals surface area contributed by atoms with Gasteiger partial charge in [0.25, 0.3) is 0 Å². The van der Waals surface area contributed by atoms with E-state index in [0.717, 1.165) is 17.9 Å². The summed E-state index contributed by atoms with van der Waals surface area (Å²) in [6, 6.07) is 3.00. The molecule has 1 aliphatic rings. The van der Waals surface area contributed by atoms with Crippen LogP contribution < -0.4 is 5.73 Å². The second kappa shape index (κ2) is 6.45. The fourth-order valence-corrected chi connectivity index (χ4v) is 3.12. The lowest BCUT2D eigenvalue weighted by Gasteiger charge is -2.21. The van der Waals surface area contributed by atoms with Crippen molar-refractivity contribution in [1.82, 2.24) is 9.78 Å². The molecule has 0 radical (unpaired) electrons. The molecular formula is C13H23N3S. The summed E-state index contributed by atoms with van der Waals surface area (Å²) in [4.78, 5) is 0. The minimum absolute atomic E-state index is 0.236. The van der Waals surface area contributed by atoms with Gasteiger partial charge in [0.2, 0.25) is 0 Å². The van der Waals surface area contributed by atoms with Crippen molar-refractivity contribution in [2.24, 2.45) is 5.73 Å². The summed E-state index contributed by atoms with van der Waals surface area (Å²) in [5.74, 6) is 1.01. The molecule has 1 aliphatic carbocycles.